The first-order chi connectivity index (χ1) is 25.3. The number of allylic oxidation sites excluding steroid dienone is 16. The van der Waals surface area contributed by atoms with Crippen molar-refractivity contribution < 1.29 is 37.9 Å². The van der Waals surface area contributed by atoms with Gasteiger partial charge in [0.15, 0.2) is 6.10 Å². The number of hydrogen-bond acceptors (Lipinski definition) is 6. The van der Waals surface area contributed by atoms with Gasteiger partial charge in [-0.15, -0.1) is 0 Å². The van der Waals surface area contributed by atoms with E-state index in [2.05, 4.69) is 103 Å². The van der Waals surface area contributed by atoms with E-state index in [1.165, 1.54) is 44.9 Å². The minimum absolute atomic E-state index is 0.0744. The Morgan fingerprint density at radius 1 is 0.500 bits per heavy atom. The zero-order valence-corrected chi connectivity index (χ0v) is 33.1. The van der Waals surface area contributed by atoms with Crippen molar-refractivity contribution in [1.29, 1.82) is 0 Å². The minimum Gasteiger partial charge on any atom is -0.462 e. The Morgan fingerprint density at radius 3 is 1.29 bits per heavy atom. The molecule has 0 unspecified atom stereocenters. The van der Waals surface area contributed by atoms with Crippen LogP contribution in [0.15, 0.2) is 97.2 Å². The SMILES string of the molecule is CCCCC/C=C/C/C=C/C/C=C/C/C=C/C/C=C/CCC(=O)O[C@H](COC(=O)CCCC/C=C/C/C=C/C/C=C/CCCCC)COP(=O)(O)O. The Bertz CT molecular complexity index is 1160. The highest BCUT2D eigenvalue weighted by Gasteiger charge is 2.22. The largest absolute Gasteiger partial charge is 0.469 e. The van der Waals surface area contributed by atoms with Gasteiger partial charge in [-0.2, -0.15) is 0 Å². The highest BCUT2D eigenvalue weighted by molar-refractivity contribution is 7.46. The summed E-state index contributed by atoms with van der Waals surface area (Å²) >= 11 is 0. The average molecular weight is 745 g/mol. The molecule has 2 N–H and O–H groups in total. The fourth-order valence-electron chi connectivity index (χ4n) is 4.65. The fourth-order valence-corrected chi connectivity index (χ4v) is 5.01. The second kappa shape index (κ2) is 37.7. The summed E-state index contributed by atoms with van der Waals surface area (Å²) < 4.78 is 26.2. The van der Waals surface area contributed by atoms with E-state index in [9.17, 15) is 14.2 Å². The fraction of sp³-hybridized carbons (Fsp3) is 0.581. The summed E-state index contributed by atoms with van der Waals surface area (Å²) in [7, 11) is -4.79. The first kappa shape index (κ1) is 49.0. The van der Waals surface area contributed by atoms with Crippen LogP contribution < -0.4 is 0 Å². The molecule has 0 fully saturated rings. The number of esters is 2. The number of hydrogen-bond donors (Lipinski definition) is 2. The molecule has 8 nitrogen and oxygen atoms in total. The number of carbonyl (C=O) groups excluding carboxylic acids is 2. The molecule has 0 aliphatic carbocycles. The molecule has 0 aromatic carbocycles. The summed E-state index contributed by atoms with van der Waals surface area (Å²) in [6.45, 7) is 3.51. The molecule has 294 valence electrons. The average Bonchev–Trinajstić information content (AvgIpc) is 3.11. The summed E-state index contributed by atoms with van der Waals surface area (Å²) in [5.41, 5.74) is 0. The second-order valence-electron chi connectivity index (χ2n) is 12.5. The van der Waals surface area contributed by atoms with Gasteiger partial charge in [-0.1, -0.05) is 137 Å². The number of phosphoric ester groups is 1. The van der Waals surface area contributed by atoms with Crippen molar-refractivity contribution in [3.63, 3.8) is 0 Å². The molecule has 1 atom stereocenters. The predicted molar refractivity (Wildman–Crippen MR) is 216 cm³/mol. The molecule has 0 rings (SSSR count). The van der Waals surface area contributed by atoms with Crippen molar-refractivity contribution in [3.8, 4) is 0 Å². The lowest BCUT2D eigenvalue weighted by Crippen LogP contribution is -2.29. The molecular formula is C43H69O8P. The van der Waals surface area contributed by atoms with Gasteiger partial charge in [0.25, 0.3) is 0 Å². The van der Waals surface area contributed by atoms with Crippen LogP contribution in [0.4, 0.5) is 0 Å². The molecule has 0 aromatic heterocycles. The molecule has 0 bridgehead atoms. The quantitative estimate of drug-likeness (QED) is 0.0289. The Morgan fingerprint density at radius 2 is 0.885 bits per heavy atom. The summed E-state index contributed by atoms with van der Waals surface area (Å²) in [5.74, 6) is -1.04. The topological polar surface area (TPSA) is 119 Å². The minimum atomic E-state index is -4.79. The lowest BCUT2D eigenvalue weighted by atomic mass is 10.1. The summed E-state index contributed by atoms with van der Waals surface area (Å²) in [4.78, 5) is 42.7. The second-order valence-corrected chi connectivity index (χ2v) is 13.8. The van der Waals surface area contributed by atoms with E-state index in [-0.39, 0.29) is 19.4 Å². The van der Waals surface area contributed by atoms with Crippen LogP contribution in [0.3, 0.4) is 0 Å². The van der Waals surface area contributed by atoms with E-state index in [0.29, 0.717) is 12.8 Å². The molecule has 0 aliphatic heterocycles. The molecule has 0 saturated carbocycles. The van der Waals surface area contributed by atoms with Gasteiger partial charge in [0.1, 0.15) is 6.61 Å². The third kappa shape index (κ3) is 39.8. The predicted octanol–water partition coefficient (Wildman–Crippen LogP) is 11.8. The van der Waals surface area contributed by atoms with Crippen LogP contribution >= 0.6 is 7.82 Å². The Balaban J connectivity index is 4.19. The third-order valence-corrected chi connectivity index (χ3v) is 8.07. The molecule has 0 aliphatic rings. The van der Waals surface area contributed by atoms with E-state index in [4.69, 9.17) is 19.3 Å². The Kier molecular flexibility index (Phi) is 35.5. The highest BCUT2D eigenvalue weighted by Crippen LogP contribution is 2.35. The third-order valence-electron chi connectivity index (χ3n) is 7.59. The van der Waals surface area contributed by atoms with Gasteiger partial charge >= 0.3 is 19.8 Å². The monoisotopic (exact) mass is 744 g/mol. The van der Waals surface area contributed by atoms with Gasteiger partial charge in [-0.3, -0.25) is 14.1 Å². The lowest BCUT2D eigenvalue weighted by Gasteiger charge is -2.18. The smallest absolute Gasteiger partial charge is 0.462 e. The van der Waals surface area contributed by atoms with E-state index >= 15 is 0 Å². The lowest BCUT2D eigenvalue weighted by molar-refractivity contribution is -0.161. The summed E-state index contributed by atoms with van der Waals surface area (Å²) in [5, 5.41) is 0. The maximum atomic E-state index is 12.3. The van der Waals surface area contributed by atoms with Crippen LogP contribution in [0.1, 0.15) is 142 Å². The van der Waals surface area contributed by atoms with Crippen molar-refractivity contribution >= 4 is 19.8 Å². The van der Waals surface area contributed by atoms with Crippen LogP contribution in [0.5, 0.6) is 0 Å². The van der Waals surface area contributed by atoms with Gasteiger partial charge in [0, 0.05) is 12.8 Å². The standard InChI is InChI=1S/C43H69O8P/c1-3-5-7-9-11-13-15-17-19-20-21-22-24-26-28-30-32-34-36-38-43(45)51-41(40-50-52(46,47)48)39-49-42(44)37-35-33-31-29-27-25-23-18-16-14-12-10-8-6-4-2/h11-14,17-19,21-23,26-29,32,34,41H,3-10,15-16,20,24-25,30-31,33,35-40H2,1-2H3,(H2,46,47,48)/b13-11+,14-12+,19-17+,22-21+,23-18+,28-26+,29-27+,34-32+/t41-/m1/s1. The van der Waals surface area contributed by atoms with E-state index in [1.54, 1.807) is 0 Å². The van der Waals surface area contributed by atoms with Gasteiger partial charge < -0.3 is 19.3 Å². The number of carbonyl (C=O) groups is 2. The van der Waals surface area contributed by atoms with Crippen molar-refractivity contribution in [2.45, 2.75) is 148 Å². The molecule has 0 spiro atoms. The molecule has 0 heterocycles. The van der Waals surface area contributed by atoms with Gasteiger partial charge in [-0.05, 0) is 89.9 Å². The van der Waals surface area contributed by atoms with Crippen LogP contribution in [0, 0.1) is 0 Å². The van der Waals surface area contributed by atoms with Crippen LogP contribution in [0.2, 0.25) is 0 Å². The van der Waals surface area contributed by atoms with Crippen molar-refractivity contribution in [2.75, 3.05) is 13.2 Å². The normalized spacial score (nSPS) is 13.5. The molecule has 52 heavy (non-hydrogen) atoms. The van der Waals surface area contributed by atoms with E-state index in [1.807, 2.05) is 12.2 Å². The highest BCUT2D eigenvalue weighted by atomic mass is 31.2. The number of rotatable bonds is 34. The first-order valence-corrected chi connectivity index (χ1v) is 21.1. The molecule has 0 amide bonds. The van der Waals surface area contributed by atoms with Crippen LogP contribution in [0.25, 0.3) is 0 Å². The van der Waals surface area contributed by atoms with Crippen molar-refractivity contribution in [1.82, 2.24) is 0 Å². The van der Waals surface area contributed by atoms with Gasteiger partial charge in [0.2, 0.25) is 0 Å². The van der Waals surface area contributed by atoms with Crippen molar-refractivity contribution in [2.24, 2.45) is 0 Å². The number of ether oxygens (including phenoxy) is 2. The number of phosphoric acid groups is 1. The molecule has 0 aromatic rings. The molecule has 9 heteroatoms. The maximum Gasteiger partial charge on any atom is 0.469 e. The number of unbranched alkanes of at least 4 members (excludes halogenated alkanes) is 8. The Labute approximate surface area is 315 Å². The Hall–Kier alpha value is -3.03. The van der Waals surface area contributed by atoms with Crippen LogP contribution in [-0.4, -0.2) is 41.0 Å². The van der Waals surface area contributed by atoms with E-state index in [0.717, 1.165) is 57.8 Å². The summed E-state index contributed by atoms with van der Waals surface area (Å²) in [6.07, 6.45) is 51.4. The molecular weight excluding hydrogens is 675 g/mol. The molecule has 0 radical (unpaired) electrons. The summed E-state index contributed by atoms with van der Waals surface area (Å²) in [6, 6.07) is 0. The zero-order chi connectivity index (χ0) is 38.2. The first-order valence-electron chi connectivity index (χ1n) is 19.5. The zero-order valence-electron chi connectivity index (χ0n) is 32.2. The van der Waals surface area contributed by atoms with Gasteiger partial charge in [-0.25, -0.2) is 4.57 Å². The van der Waals surface area contributed by atoms with Crippen molar-refractivity contribution in [3.05, 3.63) is 97.2 Å². The van der Waals surface area contributed by atoms with Crippen LogP contribution in [-0.2, 0) is 28.2 Å². The van der Waals surface area contributed by atoms with Gasteiger partial charge in [0.05, 0.1) is 6.61 Å². The molecule has 0 saturated heterocycles. The maximum absolute atomic E-state index is 12.3. The van der Waals surface area contributed by atoms with E-state index < -0.39 is 32.5 Å².